The van der Waals surface area contributed by atoms with E-state index in [0.29, 0.717) is 17.9 Å². The summed E-state index contributed by atoms with van der Waals surface area (Å²) in [6.07, 6.45) is 0.180. The van der Waals surface area contributed by atoms with Crippen molar-refractivity contribution >= 4 is 5.91 Å². The monoisotopic (exact) mass is 253 g/mol. The van der Waals surface area contributed by atoms with Crippen LogP contribution in [0.1, 0.15) is 23.9 Å². The van der Waals surface area contributed by atoms with Gasteiger partial charge in [0.05, 0.1) is 6.42 Å². The van der Waals surface area contributed by atoms with Crippen LogP contribution in [0.2, 0.25) is 0 Å². The molecule has 100 valence electrons. The molecule has 0 aliphatic heterocycles. The van der Waals surface area contributed by atoms with Crippen LogP contribution in [0.15, 0.2) is 4.79 Å². The van der Waals surface area contributed by atoms with Gasteiger partial charge in [0.15, 0.2) is 0 Å². The van der Waals surface area contributed by atoms with Gasteiger partial charge in [0.2, 0.25) is 5.91 Å². The standard InChI is InChI=1S/C12H19N3O3/c1-7(6-16)5-13-11(17)4-10-8(2)14-12(18)15-9(10)3/h7,16H,4-6H2,1-3H3,(H,13,17)(H,14,15,18). The van der Waals surface area contributed by atoms with Crippen molar-refractivity contribution in [2.24, 2.45) is 5.92 Å². The third kappa shape index (κ3) is 3.96. The number of amides is 1. The number of aliphatic hydroxyl groups excluding tert-OH is 1. The van der Waals surface area contributed by atoms with E-state index in [2.05, 4.69) is 15.3 Å². The predicted octanol–water partition coefficient (Wildman–Crippen LogP) is -0.326. The molecule has 0 aliphatic carbocycles. The Balaban J connectivity index is 2.68. The summed E-state index contributed by atoms with van der Waals surface area (Å²) in [5.41, 5.74) is 1.58. The number of aromatic amines is 1. The maximum Gasteiger partial charge on any atom is 0.345 e. The lowest BCUT2D eigenvalue weighted by atomic mass is 10.1. The second-order valence-corrected chi connectivity index (χ2v) is 4.50. The number of rotatable bonds is 5. The van der Waals surface area contributed by atoms with Crippen molar-refractivity contribution in [3.05, 3.63) is 27.4 Å². The number of carbonyl (C=O) groups excluding carboxylic acids is 1. The molecule has 1 amide bonds. The Kier molecular flexibility index (Phi) is 5.03. The smallest absolute Gasteiger partial charge is 0.345 e. The minimum Gasteiger partial charge on any atom is -0.396 e. The number of hydrogen-bond donors (Lipinski definition) is 3. The number of H-pyrrole nitrogens is 1. The SMILES string of the molecule is Cc1nc(=O)[nH]c(C)c1CC(=O)NCC(C)CO. The highest BCUT2D eigenvalue weighted by Crippen LogP contribution is 2.07. The number of nitrogens with one attached hydrogen (secondary N) is 2. The van der Waals surface area contributed by atoms with Crippen molar-refractivity contribution in [3.8, 4) is 0 Å². The van der Waals surface area contributed by atoms with Crippen LogP contribution in [-0.2, 0) is 11.2 Å². The summed E-state index contributed by atoms with van der Waals surface area (Å²) in [5, 5.41) is 11.6. The molecule has 0 radical (unpaired) electrons. The van der Waals surface area contributed by atoms with E-state index in [-0.39, 0.29) is 24.9 Å². The summed E-state index contributed by atoms with van der Waals surface area (Å²) in [7, 11) is 0. The second-order valence-electron chi connectivity index (χ2n) is 4.50. The maximum atomic E-state index is 11.7. The van der Waals surface area contributed by atoms with Gasteiger partial charge in [-0.15, -0.1) is 0 Å². The molecule has 1 unspecified atom stereocenters. The average molecular weight is 253 g/mol. The molecule has 0 saturated heterocycles. The van der Waals surface area contributed by atoms with Crippen LogP contribution >= 0.6 is 0 Å². The highest BCUT2D eigenvalue weighted by atomic mass is 16.3. The molecule has 6 nitrogen and oxygen atoms in total. The van der Waals surface area contributed by atoms with Crippen LogP contribution in [0.25, 0.3) is 0 Å². The number of carbonyl (C=O) groups is 1. The van der Waals surface area contributed by atoms with E-state index in [4.69, 9.17) is 5.11 Å². The molecule has 0 bridgehead atoms. The average Bonchev–Trinajstić information content (AvgIpc) is 2.30. The van der Waals surface area contributed by atoms with Crippen molar-refractivity contribution in [2.75, 3.05) is 13.2 Å². The second kappa shape index (κ2) is 6.30. The third-order valence-electron chi connectivity index (χ3n) is 2.75. The fraction of sp³-hybridized carbons (Fsp3) is 0.583. The van der Waals surface area contributed by atoms with Crippen molar-refractivity contribution in [1.29, 1.82) is 0 Å². The van der Waals surface area contributed by atoms with E-state index < -0.39 is 5.69 Å². The number of aromatic nitrogens is 2. The first-order valence-corrected chi connectivity index (χ1v) is 5.88. The van der Waals surface area contributed by atoms with Crippen molar-refractivity contribution < 1.29 is 9.90 Å². The summed E-state index contributed by atoms with van der Waals surface area (Å²) in [5.74, 6) is -0.111. The Morgan fingerprint density at radius 1 is 1.50 bits per heavy atom. The van der Waals surface area contributed by atoms with Crippen molar-refractivity contribution in [2.45, 2.75) is 27.2 Å². The quantitative estimate of drug-likeness (QED) is 0.670. The molecule has 3 N–H and O–H groups in total. The number of hydrogen-bond acceptors (Lipinski definition) is 4. The van der Waals surface area contributed by atoms with E-state index in [0.717, 1.165) is 5.56 Å². The number of nitrogens with zero attached hydrogens (tertiary/aromatic N) is 1. The van der Waals surface area contributed by atoms with Crippen molar-refractivity contribution in [1.82, 2.24) is 15.3 Å². The first kappa shape index (κ1) is 14.4. The minimum absolute atomic E-state index is 0.0323. The molecular weight excluding hydrogens is 234 g/mol. The van der Waals surface area contributed by atoms with E-state index in [1.165, 1.54) is 0 Å². The fourth-order valence-electron chi connectivity index (χ4n) is 1.59. The summed E-state index contributed by atoms with van der Waals surface area (Å²) in [6, 6.07) is 0. The highest BCUT2D eigenvalue weighted by Gasteiger charge is 2.11. The fourth-order valence-corrected chi connectivity index (χ4v) is 1.59. The molecule has 1 atom stereocenters. The first-order valence-electron chi connectivity index (χ1n) is 5.88. The predicted molar refractivity (Wildman–Crippen MR) is 67.3 cm³/mol. The third-order valence-corrected chi connectivity index (χ3v) is 2.75. The summed E-state index contributed by atoms with van der Waals surface area (Å²) < 4.78 is 0. The lowest BCUT2D eigenvalue weighted by Crippen LogP contribution is -2.31. The van der Waals surface area contributed by atoms with Gasteiger partial charge in [-0.2, -0.15) is 4.98 Å². The van der Waals surface area contributed by atoms with E-state index >= 15 is 0 Å². The lowest BCUT2D eigenvalue weighted by Gasteiger charge is -2.11. The summed E-state index contributed by atoms with van der Waals surface area (Å²) >= 11 is 0. The van der Waals surface area contributed by atoms with E-state index in [1.54, 1.807) is 13.8 Å². The van der Waals surface area contributed by atoms with Gasteiger partial charge in [0, 0.05) is 30.1 Å². The normalized spacial score (nSPS) is 12.2. The van der Waals surface area contributed by atoms with Gasteiger partial charge in [-0.1, -0.05) is 6.92 Å². The maximum absolute atomic E-state index is 11.7. The van der Waals surface area contributed by atoms with Gasteiger partial charge in [0.25, 0.3) is 0 Å². The molecular formula is C12H19N3O3. The summed E-state index contributed by atoms with van der Waals surface area (Å²) in [6.45, 7) is 5.78. The molecule has 0 aromatic carbocycles. The van der Waals surface area contributed by atoms with E-state index in [9.17, 15) is 9.59 Å². The van der Waals surface area contributed by atoms with Gasteiger partial charge in [-0.25, -0.2) is 4.79 Å². The molecule has 0 fully saturated rings. The van der Waals surface area contributed by atoms with Crippen molar-refractivity contribution in [3.63, 3.8) is 0 Å². The molecule has 18 heavy (non-hydrogen) atoms. The Hall–Kier alpha value is -1.69. The lowest BCUT2D eigenvalue weighted by molar-refractivity contribution is -0.120. The van der Waals surface area contributed by atoms with Crippen LogP contribution in [-0.4, -0.2) is 34.1 Å². The molecule has 1 rings (SSSR count). The van der Waals surface area contributed by atoms with Gasteiger partial charge >= 0.3 is 5.69 Å². The van der Waals surface area contributed by atoms with Gasteiger partial charge in [-0.05, 0) is 19.8 Å². The number of aryl methyl sites for hydroxylation is 2. The topological polar surface area (TPSA) is 95.1 Å². The van der Waals surface area contributed by atoms with Gasteiger partial charge in [0.1, 0.15) is 0 Å². The number of aliphatic hydroxyl groups is 1. The Morgan fingerprint density at radius 3 is 2.72 bits per heavy atom. The van der Waals surface area contributed by atoms with Crippen LogP contribution in [0, 0.1) is 19.8 Å². The zero-order valence-corrected chi connectivity index (χ0v) is 10.9. The van der Waals surface area contributed by atoms with E-state index in [1.807, 2.05) is 6.92 Å². The van der Waals surface area contributed by atoms with Crippen LogP contribution in [0.5, 0.6) is 0 Å². The Labute approximate surface area is 105 Å². The largest absolute Gasteiger partial charge is 0.396 e. The summed E-state index contributed by atoms with van der Waals surface area (Å²) in [4.78, 5) is 29.2. The molecule has 1 heterocycles. The van der Waals surface area contributed by atoms with Crippen LogP contribution < -0.4 is 11.0 Å². The molecule has 6 heteroatoms. The molecule has 1 aromatic heterocycles. The Bertz CT molecular complexity index is 456. The van der Waals surface area contributed by atoms with Crippen LogP contribution in [0.4, 0.5) is 0 Å². The Morgan fingerprint density at radius 2 is 2.17 bits per heavy atom. The molecule has 1 aromatic rings. The zero-order valence-electron chi connectivity index (χ0n) is 10.9. The molecule has 0 aliphatic rings. The highest BCUT2D eigenvalue weighted by molar-refractivity contribution is 5.79. The first-order chi connectivity index (χ1) is 8.43. The minimum atomic E-state index is -0.400. The molecule has 0 saturated carbocycles. The van der Waals surface area contributed by atoms with Crippen LogP contribution in [0.3, 0.4) is 0 Å². The molecule has 0 spiro atoms. The van der Waals surface area contributed by atoms with Gasteiger partial charge in [-0.3, -0.25) is 4.79 Å². The van der Waals surface area contributed by atoms with Gasteiger partial charge < -0.3 is 15.4 Å². The zero-order chi connectivity index (χ0) is 13.7.